The number of para-hydroxylation sites is 1. The minimum absolute atomic E-state index is 0.00456. The fraction of sp³-hybridized carbons (Fsp3) is 0.435. The number of anilines is 1. The molecule has 2 fully saturated rings. The van der Waals surface area contributed by atoms with Crippen LogP contribution in [0.5, 0.6) is 0 Å². The third-order valence-electron chi connectivity index (χ3n) is 6.20. The van der Waals surface area contributed by atoms with Gasteiger partial charge in [0.1, 0.15) is 6.04 Å². The standard InChI is InChI=1S/C23H29N5O2/c1-27-19(10-11-21(29)26-17-7-3-2-4-8-17)15-25-23(30)22-20(27)12-14-28(22)16-18-9-5-6-13-24-18/h2-9,13,19-20,22H,10-12,14-16H2,1H3,(H,25,30)(H,26,29)/t19-,20-,22-/m0/s1. The maximum Gasteiger partial charge on any atom is 0.239 e. The summed E-state index contributed by atoms with van der Waals surface area (Å²) in [4.78, 5) is 34.2. The van der Waals surface area contributed by atoms with Crippen LogP contribution in [0.1, 0.15) is 25.0 Å². The molecule has 2 N–H and O–H groups in total. The summed E-state index contributed by atoms with van der Waals surface area (Å²) < 4.78 is 0. The van der Waals surface area contributed by atoms with Crippen molar-refractivity contribution >= 4 is 17.5 Å². The fourth-order valence-corrected chi connectivity index (χ4v) is 4.57. The van der Waals surface area contributed by atoms with E-state index in [1.54, 1.807) is 6.20 Å². The second kappa shape index (κ2) is 9.36. The molecule has 0 radical (unpaired) electrons. The topological polar surface area (TPSA) is 77.6 Å². The molecule has 3 heterocycles. The van der Waals surface area contributed by atoms with Crippen molar-refractivity contribution in [1.82, 2.24) is 20.1 Å². The Morgan fingerprint density at radius 1 is 1.20 bits per heavy atom. The Morgan fingerprint density at radius 3 is 2.77 bits per heavy atom. The van der Waals surface area contributed by atoms with E-state index in [2.05, 4.69) is 32.5 Å². The van der Waals surface area contributed by atoms with Gasteiger partial charge in [-0.05, 0) is 44.2 Å². The van der Waals surface area contributed by atoms with E-state index in [-0.39, 0.29) is 29.9 Å². The van der Waals surface area contributed by atoms with Gasteiger partial charge in [-0.1, -0.05) is 24.3 Å². The van der Waals surface area contributed by atoms with E-state index in [0.29, 0.717) is 25.9 Å². The highest BCUT2D eigenvalue weighted by Gasteiger charge is 2.44. The molecule has 1 aromatic carbocycles. The van der Waals surface area contributed by atoms with Gasteiger partial charge in [0.2, 0.25) is 11.8 Å². The van der Waals surface area contributed by atoms with Crippen LogP contribution in [0.25, 0.3) is 0 Å². The van der Waals surface area contributed by atoms with Crippen LogP contribution in [-0.4, -0.2) is 64.9 Å². The number of pyridine rings is 1. The summed E-state index contributed by atoms with van der Waals surface area (Å²) in [5.74, 6) is 0.0847. The van der Waals surface area contributed by atoms with Gasteiger partial charge in [0.15, 0.2) is 0 Å². The number of benzene rings is 1. The van der Waals surface area contributed by atoms with Crippen LogP contribution in [0.15, 0.2) is 54.7 Å². The molecule has 7 nitrogen and oxygen atoms in total. The molecule has 0 unspecified atom stereocenters. The predicted octanol–water partition coefficient (Wildman–Crippen LogP) is 1.87. The van der Waals surface area contributed by atoms with Gasteiger partial charge >= 0.3 is 0 Å². The van der Waals surface area contributed by atoms with Crippen molar-refractivity contribution < 1.29 is 9.59 Å². The first-order valence-corrected chi connectivity index (χ1v) is 10.6. The Labute approximate surface area is 177 Å². The molecule has 0 spiro atoms. The maximum atomic E-state index is 12.9. The number of hydrogen-bond acceptors (Lipinski definition) is 5. The summed E-state index contributed by atoms with van der Waals surface area (Å²) in [5, 5.41) is 6.05. The Morgan fingerprint density at radius 2 is 2.00 bits per heavy atom. The summed E-state index contributed by atoms with van der Waals surface area (Å²) in [5.41, 5.74) is 1.79. The highest BCUT2D eigenvalue weighted by atomic mass is 16.2. The smallest absolute Gasteiger partial charge is 0.239 e. The van der Waals surface area contributed by atoms with E-state index in [4.69, 9.17) is 0 Å². The molecule has 0 saturated carbocycles. The van der Waals surface area contributed by atoms with Gasteiger partial charge in [0, 0.05) is 50.0 Å². The van der Waals surface area contributed by atoms with Crippen molar-refractivity contribution in [2.24, 2.45) is 0 Å². The second-order valence-corrected chi connectivity index (χ2v) is 8.11. The summed E-state index contributed by atoms with van der Waals surface area (Å²) in [6, 6.07) is 15.5. The Bertz CT molecular complexity index is 860. The van der Waals surface area contributed by atoms with Crippen LogP contribution in [0, 0.1) is 0 Å². The zero-order valence-corrected chi connectivity index (χ0v) is 17.3. The number of fused-ring (bicyclic) bond motifs is 1. The van der Waals surface area contributed by atoms with Gasteiger partial charge in [-0.25, -0.2) is 0 Å². The second-order valence-electron chi connectivity index (χ2n) is 8.11. The molecule has 30 heavy (non-hydrogen) atoms. The van der Waals surface area contributed by atoms with Crippen molar-refractivity contribution in [2.45, 2.75) is 43.9 Å². The van der Waals surface area contributed by atoms with E-state index < -0.39 is 0 Å². The first-order chi connectivity index (χ1) is 14.6. The maximum absolute atomic E-state index is 12.9. The van der Waals surface area contributed by atoms with E-state index in [1.165, 1.54) is 0 Å². The molecule has 0 bridgehead atoms. The van der Waals surface area contributed by atoms with Gasteiger partial charge < -0.3 is 10.6 Å². The lowest BCUT2D eigenvalue weighted by molar-refractivity contribution is -0.126. The van der Waals surface area contributed by atoms with Crippen molar-refractivity contribution in [3.63, 3.8) is 0 Å². The summed E-state index contributed by atoms with van der Waals surface area (Å²) >= 11 is 0. The number of carbonyl (C=O) groups excluding carboxylic acids is 2. The molecule has 7 heteroatoms. The molecule has 2 saturated heterocycles. The average Bonchev–Trinajstić information content (AvgIpc) is 3.13. The van der Waals surface area contributed by atoms with Crippen LogP contribution < -0.4 is 10.6 Å². The van der Waals surface area contributed by atoms with E-state index in [1.807, 2.05) is 48.5 Å². The SMILES string of the molecule is CN1[C@@H](CCC(=O)Nc2ccccc2)CNC(=O)[C@@H]2[C@@H]1CCN2Cc1ccccn1. The lowest BCUT2D eigenvalue weighted by Gasteiger charge is -2.33. The average molecular weight is 408 g/mol. The molecule has 2 amide bonds. The first kappa shape index (κ1) is 20.5. The van der Waals surface area contributed by atoms with Crippen LogP contribution in [0.2, 0.25) is 0 Å². The molecule has 2 aliphatic rings. The molecular formula is C23H29N5O2. The lowest BCUT2D eigenvalue weighted by Crippen LogP contribution is -2.49. The third-order valence-corrected chi connectivity index (χ3v) is 6.20. The van der Waals surface area contributed by atoms with Gasteiger partial charge in [0.05, 0.1) is 5.69 Å². The van der Waals surface area contributed by atoms with Gasteiger partial charge in [0.25, 0.3) is 0 Å². The molecule has 158 valence electrons. The third kappa shape index (κ3) is 4.68. The summed E-state index contributed by atoms with van der Waals surface area (Å²) in [6.45, 7) is 2.11. The number of rotatable bonds is 6. The van der Waals surface area contributed by atoms with E-state index >= 15 is 0 Å². The highest BCUT2D eigenvalue weighted by molar-refractivity contribution is 5.90. The Hall–Kier alpha value is -2.77. The molecular weight excluding hydrogens is 378 g/mol. The Balaban J connectivity index is 1.36. The number of likely N-dealkylation sites (tertiary alicyclic amines) is 1. The zero-order chi connectivity index (χ0) is 20.9. The summed E-state index contributed by atoms with van der Waals surface area (Å²) in [6.07, 6.45) is 3.86. The van der Waals surface area contributed by atoms with Crippen LogP contribution in [0.3, 0.4) is 0 Å². The van der Waals surface area contributed by atoms with E-state index in [0.717, 1.165) is 24.3 Å². The number of amides is 2. The molecule has 4 rings (SSSR count). The van der Waals surface area contributed by atoms with Crippen LogP contribution in [-0.2, 0) is 16.1 Å². The molecule has 0 aliphatic carbocycles. The van der Waals surface area contributed by atoms with Crippen LogP contribution >= 0.6 is 0 Å². The van der Waals surface area contributed by atoms with Gasteiger partial charge in [-0.2, -0.15) is 0 Å². The van der Waals surface area contributed by atoms with Gasteiger partial charge in [-0.3, -0.25) is 24.4 Å². The van der Waals surface area contributed by atoms with Crippen LogP contribution in [0.4, 0.5) is 5.69 Å². The number of hydrogen-bond donors (Lipinski definition) is 2. The van der Waals surface area contributed by atoms with Gasteiger partial charge in [-0.15, -0.1) is 0 Å². The number of likely N-dealkylation sites (N-methyl/N-ethyl adjacent to an activating group) is 1. The van der Waals surface area contributed by atoms with E-state index in [9.17, 15) is 9.59 Å². The predicted molar refractivity (Wildman–Crippen MR) is 116 cm³/mol. The minimum atomic E-state index is -0.180. The molecule has 3 atom stereocenters. The monoisotopic (exact) mass is 407 g/mol. The largest absolute Gasteiger partial charge is 0.353 e. The zero-order valence-electron chi connectivity index (χ0n) is 17.3. The van der Waals surface area contributed by atoms with Crippen molar-refractivity contribution in [1.29, 1.82) is 0 Å². The molecule has 2 aliphatic heterocycles. The lowest BCUT2D eigenvalue weighted by atomic mass is 10.0. The van der Waals surface area contributed by atoms with Crippen molar-refractivity contribution in [2.75, 3.05) is 25.5 Å². The first-order valence-electron chi connectivity index (χ1n) is 10.6. The summed E-state index contributed by atoms with van der Waals surface area (Å²) in [7, 11) is 2.09. The Kier molecular flexibility index (Phi) is 6.40. The quantitative estimate of drug-likeness (QED) is 0.765. The molecule has 2 aromatic rings. The number of nitrogens with one attached hydrogen (secondary N) is 2. The number of nitrogens with zero attached hydrogens (tertiary/aromatic N) is 3. The van der Waals surface area contributed by atoms with Crippen molar-refractivity contribution in [3.05, 3.63) is 60.4 Å². The normalized spacial score (nSPS) is 24.7. The highest BCUT2D eigenvalue weighted by Crippen LogP contribution is 2.28. The fourth-order valence-electron chi connectivity index (χ4n) is 4.57. The minimum Gasteiger partial charge on any atom is -0.353 e. The van der Waals surface area contributed by atoms with Crippen molar-refractivity contribution in [3.8, 4) is 0 Å². The number of carbonyl (C=O) groups is 2. The number of aromatic nitrogens is 1. The molecule has 1 aromatic heterocycles.